The van der Waals surface area contributed by atoms with Crippen LogP contribution in [0.25, 0.3) is 55.3 Å². The van der Waals surface area contributed by atoms with Gasteiger partial charge in [0.15, 0.2) is 5.58 Å². The Morgan fingerprint density at radius 3 is 1.36 bits per heavy atom. The molecule has 0 saturated carbocycles. The third-order valence-electron chi connectivity index (χ3n) is 15.2. The van der Waals surface area contributed by atoms with Crippen LogP contribution in [0.1, 0.15) is 44.5 Å². The highest BCUT2D eigenvalue weighted by Crippen LogP contribution is 2.59. The number of hydrogen-bond donors (Lipinski definition) is 0. The second-order valence-electron chi connectivity index (χ2n) is 18.7. The van der Waals surface area contributed by atoms with E-state index < -0.39 is 10.8 Å². The minimum atomic E-state index is -0.492. The molecule has 14 rings (SSSR count). The summed E-state index contributed by atoms with van der Waals surface area (Å²) in [4.78, 5) is 2.39. The van der Waals surface area contributed by atoms with Crippen molar-refractivity contribution in [3.63, 3.8) is 0 Å². The van der Waals surface area contributed by atoms with Crippen molar-refractivity contribution in [2.24, 2.45) is 0 Å². The van der Waals surface area contributed by atoms with Crippen LogP contribution in [0.2, 0.25) is 0 Å². The summed E-state index contributed by atoms with van der Waals surface area (Å²) < 4.78 is 6.82. The molecular formula is C68H45NO. The lowest BCUT2D eigenvalue weighted by atomic mass is 9.67. The van der Waals surface area contributed by atoms with Gasteiger partial charge in [-0.1, -0.05) is 231 Å². The average Bonchev–Trinajstić information content (AvgIpc) is 4.08. The molecule has 0 amide bonds. The van der Waals surface area contributed by atoms with Crippen LogP contribution in [0.3, 0.4) is 0 Å². The summed E-state index contributed by atoms with van der Waals surface area (Å²) in [6.07, 6.45) is 0. The molecule has 0 atom stereocenters. The third kappa shape index (κ3) is 5.74. The Hall–Kier alpha value is -8.98. The lowest BCUT2D eigenvalue weighted by molar-refractivity contribution is 0.669. The van der Waals surface area contributed by atoms with E-state index in [1.54, 1.807) is 0 Å². The first-order chi connectivity index (χ1) is 34.7. The Kier molecular flexibility index (Phi) is 9.06. The highest BCUT2D eigenvalue weighted by atomic mass is 16.3. The van der Waals surface area contributed by atoms with Crippen molar-refractivity contribution in [2.45, 2.75) is 10.8 Å². The van der Waals surface area contributed by atoms with Crippen molar-refractivity contribution in [3.8, 4) is 33.4 Å². The Labute approximate surface area is 408 Å². The van der Waals surface area contributed by atoms with Gasteiger partial charge in [0.1, 0.15) is 5.58 Å². The molecule has 12 aromatic rings. The molecule has 2 nitrogen and oxygen atoms in total. The predicted octanol–water partition coefficient (Wildman–Crippen LogP) is 17.4. The van der Waals surface area contributed by atoms with Crippen molar-refractivity contribution in [2.75, 3.05) is 4.90 Å². The fraction of sp³-hybridized carbons (Fsp3) is 0.0294. The van der Waals surface area contributed by atoms with Crippen molar-refractivity contribution in [1.82, 2.24) is 0 Å². The minimum Gasteiger partial charge on any atom is -0.454 e. The zero-order chi connectivity index (χ0) is 46.2. The number of hydrogen-bond acceptors (Lipinski definition) is 2. The Bertz CT molecular complexity index is 3850. The summed E-state index contributed by atoms with van der Waals surface area (Å²) in [7, 11) is 0. The third-order valence-corrected chi connectivity index (χ3v) is 15.2. The SMILES string of the molecule is c1ccc(C2(c3ccccc3)c3ccccc3-c3cc(N(c4ccc(-c5ccc6c(c5)C(c5ccccc5)(c5ccccc5)c5ccccc5-6)cc4)c4cccc5c4oc4ccccc45)ccc32)cc1. The number of fused-ring (bicyclic) bond motifs is 9. The number of anilines is 3. The van der Waals surface area contributed by atoms with Gasteiger partial charge in [0.25, 0.3) is 0 Å². The topological polar surface area (TPSA) is 16.4 Å². The van der Waals surface area contributed by atoms with Gasteiger partial charge in [-0.15, -0.1) is 0 Å². The maximum absolute atomic E-state index is 6.82. The first kappa shape index (κ1) is 40.1. The molecule has 70 heavy (non-hydrogen) atoms. The molecule has 2 heteroatoms. The highest BCUT2D eigenvalue weighted by Gasteiger charge is 2.47. The molecule has 0 N–H and O–H groups in total. The molecule has 328 valence electrons. The van der Waals surface area contributed by atoms with E-state index >= 15 is 0 Å². The summed E-state index contributed by atoms with van der Waals surface area (Å²) in [5.41, 5.74) is 21.4. The van der Waals surface area contributed by atoms with E-state index in [0.717, 1.165) is 44.6 Å². The maximum atomic E-state index is 6.82. The van der Waals surface area contributed by atoms with Gasteiger partial charge in [0.05, 0.1) is 16.5 Å². The second kappa shape index (κ2) is 15.8. The van der Waals surface area contributed by atoms with Gasteiger partial charge in [-0.25, -0.2) is 0 Å². The Balaban J connectivity index is 0.953. The van der Waals surface area contributed by atoms with Crippen LogP contribution in [0.5, 0.6) is 0 Å². The largest absolute Gasteiger partial charge is 0.454 e. The van der Waals surface area contributed by atoms with E-state index in [0.29, 0.717) is 0 Å². The molecule has 0 fully saturated rings. The lowest BCUT2D eigenvalue weighted by Gasteiger charge is -2.34. The smallest absolute Gasteiger partial charge is 0.159 e. The molecule has 0 bridgehead atoms. The van der Waals surface area contributed by atoms with Gasteiger partial charge in [-0.05, 0) is 120 Å². The summed E-state index contributed by atoms with van der Waals surface area (Å²) in [5, 5.41) is 2.20. The van der Waals surface area contributed by atoms with E-state index in [1.165, 1.54) is 72.3 Å². The monoisotopic (exact) mass is 891 g/mol. The molecule has 0 aliphatic heterocycles. The summed E-state index contributed by atoms with van der Waals surface area (Å²) in [5.74, 6) is 0. The van der Waals surface area contributed by atoms with Crippen LogP contribution >= 0.6 is 0 Å². The predicted molar refractivity (Wildman–Crippen MR) is 288 cm³/mol. The van der Waals surface area contributed by atoms with Gasteiger partial charge in [0, 0.05) is 22.1 Å². The van der Waals surface area contributed by atoms with E-state index in [1.807, 2.05) is 6.07 Å². The summed E-state index contributed by atoms with van der Waals surface area (Å²) in [6, 6.07) is 100. The number of benzene rings is 11. The van der Waals surface area contributed by atoms with E-state index in [9.17, 15) is 0 Å². The van der Waals surface area contributed by atoms with Crippen LogP contribution in [-0.2, 0) is 10.8 Å². The van der Waals surface area contributed by atoms with Gasteiger partial charge in [-0.2, -0.15) is 0 Å². The summed E-state index contributed by atoms with van der Waals surface area (Å²) in [6.45, 7) is 0. The van der Waals surface area contributed by atoms with Crippen molar-refractivity contribution >= 4 is 39.0 Å². The van der Waals surface area contributed by atoms with Gasteiger partial charge < -0.3 is 9.32 Å². The number of para-hydroxylation sites is 2. The molecule has 1 aromatic heterocycles. The van der Waals surface area contributed by atoms with E-state index in [4.69, 9.17) is 4.42 Å². The standard InChI is InChI=1S/C68H45NO/c1-5-20-48(21-6-1)67(49-22-7-2-8-23-49)61-33-17-14-29-55(61)59-45-53(41-43-62(59)67)69(64-34-19-31-58-57-30-15-18-35-65(57)70-66(58)64)52-39-36-46(37-40-52)47-38-42-56-54-28-13-16-32-60(54)68(63(56)44-47,50-24-9-3-10-25-50)51-26-11-4-12-27-51/h1-45H. The van der Waals surface area contributed by atoms with Crippen LogP contribution in [-0.4, -0.2) is 0 Å². The number of rotatable bonds is 8. The van der Waals surface area contributed by atoms with Crippen LogP contribution < -0.4 is 4.90 Å². The normalized spacial score (nSPS) is 13.7. The van der Waals surface area contributed by atoms with Crippen LogP contribution in [0, 0.1) is 0 Å². The fourth-order valence-electron chi connectivity index (χ4n) is 12.3. The van der Waals surface area contributed by atoms with E-state index in [2.05, 4.69) is 272 Å². The fourth-order valence-corrected chi connectivity index (χ4v) is 12.3. The average molecular weight is 892 g/mol. The molecule has 0 spiro atoms. The molecular weight excluding hydrogens is 847 g/mol. The quantitative estimate of drug-likeness (QED) is 0.151. The highest BCUT2D eigenvalue weighted by molar-refractivity contribution is 6.10. The maximum Gasteiger partial charge on any atom is 0.159 e. The second-order valence-corrected chi connectivity index (χ2v) is 18.7. The zero-order valence-corrected chi connectivity index (χ0v) is 38.3. The Morgan fingerprint density at radius 1 is 0.286 bits per heavy atom. The molecule has 2 aliphatic carbocycles. The first-order valence-corrected chi connectivity index (χ1v) is 24.2. The molecule has 11 aromatic carbocycles. The number of furan rings is 1. The molecule has 0 radical (unpaired) electrons. The van der Waals surface area contributed by atoms with Crippen molar-refractivity contribution in [1.29, 1.82) is 0 Å². The van der Waals surface area contributed by atoms with Gasteiger partial charge in [-0.3, -0.25) is 0 Å². The molecule has 1 heterocycles. The van der Waals surface area contributed by atoms with Crippen LogP contribution in [0.15, 0.2) is 277 Å². The lowest BCUT2D eigenvalue weighted by Crippen LogP contribution is -2.28. The van der Waals surface area contributed by atoms with Crippen molar-refractivity contribution in [3.05, 3.63) is 317 Å². The zero-order valence-electron chi connectivity index (χ0n) is 38.3. The van der Waals surface area contributed by atoms with Crippen LogP contribution in [0.4, 0.5) is 17.1 Å². The van der Waals surface area contributed by atoms with Gasteiger partial charge in [0.2, 0.25) is 0 Å². The van der Waals surface area contributed by atoms with E-state index in [-0.39, 0.29) is 0 Å². The molecule has 2 aliphatic rings. The number of nitrogens with zero attached hydrogens (tertiary/aromatic N) is 1. The molecule has 0 unspecified atom stereocenters. The Morgan fingerprint density at radius 2 is 0.743 bits per heavy atom. The van der Waals surface area contributed by atoms with Crippen molar-refractivity contribution < 1.29 is 4.42 Å². The minimum absolute atomic E-state index is 0.475. The first-order valence-electron chi connectivity index (χ1n) is 24.2. The van der Waals surface area contributed by atoms with Gasteiger partial charge >= 0.3 is 0 Å². The molecule has 0 saturated heterocycles. The summed E-state index contributed by atoms with van der Waals surface area (Å²) >= 11 is 0.